The van der Waals surface area contributed by atoms with E-state index in [9.17, 15) is 4.79 Å². The van der Waals surface area contributed by atoms with Crippen LogP contribution in [0.1, 0.15) is 85.3 Å². The molecule has 1 unspecified atom stereocenters. The molecular weight excluding hydrogens is 492 g/mol. The van der Waals surface area contributed by atoms with Crippen LogP contribution in [0.2, 0.25) is 0 Å². The van der Waals surface area contributed by atoms with Crippen LogP contribution >= 0.6 is 11.8 Å². The average Bonchev–Trinajstić information content (AvgIpc) is 3.32. The molecule has 1 aromatic carbocycles. The minimum atomic E-state index is -0.500. The smallest absolute Gasteiger partial charge is 0.242 e. The lowest BCUT2D eigenvalue weighted by molar-refractivity contribution is -0.124. The topological polar surface area (TPSA) is 61.8 Å². The Morgan fingerprint density at radius 2 is 1.71 bits per heavy atom. The van der Waals surface area contributed by atoms with Crippen LogP contribution in [-0.2, 0) is 9.53 Å². The maximum Gasteiger partial charge on any atom is 0.242 e. The molecule has 2 aliphatic heterocycles. The first-order chi connectivity index (χ1) is 17.9. The molecule has 0 aliphatic carbocycles. The summed E-state index contributed by atoms with van der Waals surface area (Å²) in [5, 5.41) is 14.3. The van der Waals surface area contributed by atoms with Crippen LogP contribution in [-0.4, -0.2) is 53.9 Å². The van der Waals surface area contributed by atoms with Crippen molar-refractivity contribution in [3.63, 3.8) is 0 Å². The molecule has 1 atom stereocenters. The molecule has 2 saturated heterocycles. The fourth-order valence-electron chi connectivity index (χ4n) is 3.90. The molecule has 0 bridgehead atoms. The molecule has 3 rings (SSSR count). The fraction of sp³-hybridized carbons (Fsp3) is 0.594. The average molecular weight is 547 g/mol. The zero-order valence-electron chi connectivity index (χ0n) is 25.3. The number of likely N-dealkylation sites (tertiary alicyclic amines) is 1. The summed E-state index contributed by atoms with van der Waals surface area (Å²) in [6.45, 7) is 26.4. The molecular formula is C32H54N2O3S. The van der Waals surface area contributed by atoms with Gasteiger partial charge in [-0.25, -0.2) is 0 Å². The highest BCUT2D eigenvalue weighted by Gasteiger charge is 2.32. The SMILES string of the molecule is C=C(NC(=O)C1CCCN1CC1CCOCC1)S/C=C(\C)c1ccc(C)cc1.C=CC.CC.CC(C)(C)O. The van der Waals surface area contributed by atoms with Crippen LogP contribution in [0, 0.1) is 12.8 Å². The highest BCUT2D eigenvalue weighted by Crippen LogP contribution is 2.25. The molecule has 1 amide bonds. The lowest BCUT2D eigenvalue weighted by Gasteiger charge is -2.30. The first-order valence-electron chi connectivity index (χ1n) is 14.0. The number of allylic oxidation sites excluding steroid dienone is 2. The van der Waals surface area contributed by atoms with E-state index in [2.05, 4.69) is 66.9 Å². The number of nitrogens with zero attached hydrogens (tertiary/aromatic N) is 1. The molecule has 0 aromatic heterocycles. The molecule has 38 heavy (non-hydrogen) atoms. The van der Waals surface area contributed by atoms with Crippen molar-refractivity contribution in [2.75, 3.05) is 26.3 Å². The molecule has 2 N–H and O–H groups in total. The molecule has 2 fully saturated rings. The van der Waals surface area contributed by atoms with Gasteiger partial charge in [-0.05, 0) is 96.2 Å². The fourth-order valence-corrected chi connectivity index (χ4v) is 4.51. The predicted octanol–water partition coefficient (Wildman–Crippen LogP) is 7.56. The number of aryl methyl sites for hydroxylation is 1. The van der Waals surface area contributed by atoms with E-state index < -0.39 is 5.60 Å². The Hall–Kier alpha value is -1.86. The molecule has 2 heterocycles. The van der Waals surface area contributed by atoms with Gasteiger partial charge in [-0.3, -0.25) is 9.69 Å². The Labute approximate surface area is 237 Å². The Bertz CT molecular complexity index is 831. The molecule has 5 nitrogen and oxygen atoms in total. The molecule has 1 aromatic rings. The first kappa shape index (κ1) is 36.1. The van der Waals surface area contributed by atoms with E-state index in [0.717, 1.165) is 52.0 Å². The van der Waals surface area contributed by atoms with Gasteiger partial charge in [0, 0.05) is 19.8 Å². The Morgan fingerprint density at radius 1 is 1.18 bits per heavy atom. The van der Waals surface area contributed by atoms with E-state index in [4.69, 9.17) is 9.84 Å². The van der Waals surface area contributed by atoms with Gasteiger partial charge in [-0.1, -0.05) is 68.1 Å². The number of aliphatic hydroxyl groups is 1. The standard InChI is InChI=1S/C23H32N2O2S.C4H10O.C3H6.C2H6/c1-17-6-8-21(9-7-17)18(2)16-28-19(3)24-23(26)22-5-4-12-25(22)15-20-10-13-27-14-11-20;1-4(2,3)5;1-3-2;1-2/h6-9,16,20,22H,3-5,10-15H2,1-2H3,(H,24,26);5H,1-3H3;3H,1H2,2H3;1-2H3/b18-16+;;;. The Kier molecular flexibility index (Phi) is 19.1. The third kappa shape index (κ3) is 16.9. The van der Waals surface area contributed by atoms with Crippen molar-refractivity contribution in [3.05, 3.63) is 65.1 Å². The summed E-state index contributed by atoms with van der Waals surface area (Å²) in [7, 11) is 0. The highest BCUT2D eigenvalue weighted by molar-refractivity contribution is 8.05. The van der Waals surface area contributed by atoms with Gasteiger partial charge in [-0.15, -0.1) is 6.58 Å². The number of rotatable bonds is 7. The molecule has 0 radical (unpaired) electrons. The number of carbonyl (C=O) groups is 1. The maximum atomic E-state index is 12.8. The largest absolute Gasteiger partial charge is 0.391 e. The van der Waals surface area contributed by atoms with E-state index in [0.29, 0.717) is 10.9 Å². The molecule has 2 aliphatic rings. The monoisotopic (exact) mass is 546 g/mol. The summed E-state index contributed by atoms with van der Waals surface area (Å²) in [5.41, 5.74) is 3.11. The highest BCUT2D eigenvalue weighted by atomic mass is 32.2. The van der Waals surface area contributed by atoms with Gasteiger partial charge in [-0.2, -0.15) is 0 Å². The number of benzene rings is 1. The van der Waals surface area contributed by atoms with Gasteiger partial charge in [0.15, 0.2) is 0 Å². The number of amides is 1. The summed E-state index contributed by atoms with van der Waals surface area (Å²) >= 11 is 1.48. The van der Waals surface area contributed by atoms with Crippen molar-refractivity contribution >= 4 is 23.2 Å². The van der Waals surface area contributed by atoms with Gasteiger partial charge < -0.3 is 15.2 Å². The van der Waals surface area contributed by atoms with Gasteiger partial charge >= 0.3 is 0 Å². The van der Waals surface area contributed by atoms with E-state index in [-0.39, 0.29) is 11.9 Å². The van der Waals surface area contributed by atoms with Crippen LogP contribution in [0.5, 0.6) is 0 Å². The van der Waals surface area contributed by atoms with Crippen molar-refractivity contribution in [2.24, 2.45) is 5.92 Å². The van der Waals surface area contributed by atoms with Gasteiger partial charge in [0.2, 0.25) is 5.91 Å². The number of ether oxygens (including phenoxy) is 1. The second-order valence-corrected chi connectivity index (χ2v) is 11.4. The van der Waals surface area contributed by atoms with Crippen molar-refractivity contribution in [1.29, 1.82) is 0 Å². The normalized spacial score (nSPS) is 18.0. The van der Waals surface area contributed by atoms with Crippen LogP contribution in [0.25, 0.3) is 5.57 Å². The summed E-state index contributed by atoms with van der Waals surface area (Å²) in [4.78, 5) is 15.1. The summed E-state index contributed by atoms with van der Waals surface area (Å²) in [6, 6.07) is 8.44. The van der Waals surface area contributed by atoms with E-state index in [1.54, 1.807) is 26.8 Å². The Balaban J connectivity index is 0.00000119. The van der Waals surface area contributed by atoms with E-state index in [1.165, 1.54) is 28.5 Å². The van der Waals surface area contributed by atoms with E-state index >= 15 is 0 Å². The first-order valence-corrected chi connectivity index (χ1v) is 14.8. The van der Waals surface area contributed by atoms with Crippen molar-refractivity contribution in [2.45, 2.75) is 92.7 Å². The molecule has 0 saturated carbocycles. The van der Waals surface area contributed by atoms with Gasteiger partial charge in [0.25, 0.3) is 0 Å². The second-order valence-electron chi connectivity index (χ2n) is 10.5. The van der Waals surface area contributed by atoms with Gasteiger partial charge in [0.1, 0.15) is 0 Å². The second kappa shape index (κ2) is 20.1. The van der Waals surface area contributed by atoms with E-state index in [1.807, 2.05) is 20.8 Å². The van der Waals surface area contributed by atoms with Crippen LogP contribution < -0.4 is 5.32 Å². The summed E-state index contributed by atoms with van der Waals surface area (Å²) in [5.74, 6) is 0.739. The third-order valence-electron chi connectivity index (χ3n) is 5.65. The quantitative estimate of drug-likeness (QED) is 0.346. The Morgan fingerprint density at radius 3 is 2.24 bits per heavy atom. The number of nitrogens with one attached hydrogen (secondary N) is 1. The summed E-state index contributed by atoms with van der Waals surface area (Å²) in [6.07, 6.45) is 5.99. The summed E-state index contributed by atoms with van der Waals surface area (Å²) < 4.78 is 5.46. The van der Waals surface area contributed by atoms with Crippen molar-refractivity contribution in [1.82, 2.24) is 10.2 Å². The number of thioether (sulfide) groups is 1. The molecule has 6 heteroatoms. The lowest BCUT2D eigenvalue weighted by atomic mass is 9.99. The number of hydrogen-bond acceptors (Lipinski definition) is 5. The zero-order valence-corrected chi connectivity index (χ0v) is 26.1. The van der Waals surface area contributed by atoms with Crippen molar-refractivity contribution < 1.29 is 14.6 Å². The molecule has 0 spiro atoms. The maximum absolute atomic E-state index is 12.8. The van der Waals surface area contributed by atoms with Crippen LogP contribution in [0.4, 0.5) is 0 Å². The van der Waals surface area contributed by atoms with Gasteiger partial charge in [0.05, 0.1) is 16.7 Å². The lowest BCUT2D eigenvalue weighted by Crippen LogP contribution is -2.44. The third-order valence-corrected chi connectivity index (χ3v) is 6.51. The predicted molar refractivity (Wildman–Crippen MR) is 167 cm³/mol. The number of carbonyl (C=O) groups excluding carboxylic acids is 1. The number of hydrogen-bond donors (Lipinski definition) is 2. The molecule has 216 valence electrons. The van der Waals surface area contributed by atoms with Crippen LogP contribution in [0.15, 0.2) is 53.9 Å². The van der Waals surface area contributed by atoms with Crippen molar-refractivity contribution in [3.8, 4) is 0 Å². The minimum absolute atomic E-state index is 0.0256. The van der Waals surface area contributed by atoms with Crippen LogP contribution in [0.3, 0.4) is 0 Å². The zero-order chi connectivity index (χ0) is 29.1. The minimum Gasteiger partial charge on any atom is -0.391 e.